The number of benzene rings is 1. The van der Waals surface area contributed by atoms with Crippen LogP contribution in [-0.4, -0.2) is 31.3 Å². The first-order valence-electron chi connectivity index (χ1n) is 7.46. The van der Waals surface area contributed by atoms with E-state index in [0.29, 0.717) is 18.3 Å². The first-order chi connectivity index (χ1) is 10.7. The SMILES string of the molecule is CCCCCOC(=O)CNC(=S)NCc1ccc(OC)cc1. The van der Waals surface area contributed by atoms with Gasteiger partial charge in [-0.1, -0.05) is 31.9 Å². The van der Waals surface area contributed by atoms with Crippen molar-refractivity contribution in [2.75, 3.05) is 20.3 Å². The minimum atomic E-state index is -0.287. The van der Waals surface area contributed by atoms with E-state index in [-0.39, 0.29) is 12.5 Å². The number of carbonyl (C=O) groups excluding carboxylic acids is 1. The predicted molar refractivity (Wildman–Crippen MR) is 90.9 cm³/mol. The van der Waals surface area contributed by atoms with Crippen LogP contribution in [0.2, 0.25) is 0 Å². The number of ether oxygens (including phenoxy) is 2. The van der Waals surface area contributed by atoms with E-state index in [1.165, 1.54) is 0 Å². The van der Waals surface area contributed by atoms with E-state index in [2.05, 4.69) is 17.6 Å². The number of nitrogens with one attached hydrogen (secondary N) is 2. The minimum absolute atomic E-state index is 0.0839. The minimum Gasteiger partial charge on any atom is -0.497 e. The Morgan fingerprint density at radius 2 is 1.91 bits per heavy atom. The van der Waals surface area contributed by atoms with Gasteiger partial charge >= 0.3 is 5.97 Å². The lowest BCUT2D eigenvalue weighted by atomic mass is 10.2. The van der Waals surface area contributed by atoms with Crippen LogP contribution in [0.1, 0.15) is 31.7 Å². The Morgan fingerprint density at radius 3 is 2.55 bits per heavy atom. The molecule has 1 rings (SSSR count). The Kier molecular flexibility index (Phi) is 8.98. The number of carbonyl (C=O) groups is 1. The standard InChI is InChI=1S/C16H24N2O3S/c1-3-4-5-10-21-15(19)12-18-16(22)17-11-13-6-8-14(20-2)9-7-13/h6-9H,3-5,10-12H2,1-2H3,(H2,17,18,22). The van der Waals surface area contributed by atoms with Crippen molar-refractivity contribution in [3.05, 3.63) is 29.8 Å². The highest BCUT2D eigenvalue weighted by Gasteiger charge is 2.04. The maximum atomic E-state index is 11.5. The number of thiocarbonyl (C=S) groups is 1. The molecule has 0 heterocycles. The molecule has 0 saturated heterocycles. The van der Waals surface area contributed by atoms with Gasteiger partial charge in [-0.3, -0.25) is 4.79 Å². The van der Waals surface area contributed by atoms with Crippen molar-refractivity contribution in [1.29, 1.82) is 0 Å². The third-order valence-corrected chi connectivity index (χ3v) is 3.31. The second kappa shape index (κ2) is 10.8. The second-order valence-electron chi connectivity index (χ2n) is 4.81. The molecule has 1 aromatic carbocycles. The highest BCUT2D eigenvalue weighted by molar-refractivity contribution is 7.80. The average molecular weight is 324 g/mol. The van der Waals surface area contributed by atoms with Crippen LogP contribution in [0.5, 0.6) is 5.75 Å². The summed E-state index contributed by atoms with van der Waals surface area (Å²) < 4.78 is 10.2. The Morgan fingerprint density at radius 1 is 1.18 bits per heavy atom. The highest BCUT2D eigenvalue weighted by Crippen LogP contribution is 2.10. The van der Waals surface area contributed by atoms with E-state index < -0.39 is 0 Å². The number of hydrogen-bond acceptors (Lipinski definition) is 4. The Labute approximate surface area is 137 Å². The van der Waals surface area contributed by atoms with Crippen molar-refractivity contribution in [1.82, 2.24) is 10.6 Å². The number of rotatable bonds is 9. The molecule has 0 fully saturated rings. The molecule has 1 aromatic rings. The lowest BCUT2D eigenvalue weighted by Gasteiger charge is -2.10. The van der Waals surface area contributed by atoms with Gasteiger partial charge in [0.2, 0.25) is 0 Å². The summed E-state index contributed by atoms with van der Waals surface area (Å²) in [6, 6.07) is 7.69. The normalized spacial score (nSPS) is 9.91. The van der Waals surface area contributed by atoms with Crippen molar-refractivity contribution in [2.24, 2.45) is 0 Å². The molecule has 0 aromatic heterocycles. The van der Waals surface area contributed by atoms with Crippen LogP contribution < -0.4 is 15.4 Å². The number of esters is 1. The quantitative estimate of drug-likeness (QED) is 0.413. The Balaban J connectivity index is 2.16. The van der Waals surface area contributed by atoms with Crippen LogP contribution in [0, 0.1) is 0 Å². The predicted octanol–water partition coefficient (Wildman–Crippen LogP) is 2.39. The van der Waals surface area contributed by atoms with E-state index in [1.807, 2.05) is 24.3 Å². The molecule has 0 saturated carbocycles. The second-order valence-corrected chi connectivity index (χ2v) is 5.22. The van der Waals surface area contributed by atoms with Gasteiger partial charge in [-0.2, -0.15) is 0 Å². The molecule has 0 aliphatic carbocycles. The van der Waals surface area contributed by atoms with Crippen molar-refractivity contribution in [3.63, 3.8) is 0 Å². The number of hydrogen-bond donors (Lipinski definition) is 2. The summed E-state index contributed by atoms with van der Waals surface area (Å²) in [7, 11) is 1.63. The van der Waals surface area contributed by atoms with Gasteiger partial charge < -0.3 is 20.1 Å². The first-order valence-corrected chi connectivity index (χ1v) is 7.86. The van der Waals surface area contributed by atoms with E-state index in [0.717, 1.165) is 30.6 Å². The highest BCUT2D eigenvalue weighted by atomic mass is 32.1. The third kappa shape index (κ3) is 7.83. The molecular weight excluding hydrogens is 300 g/mol. The summed E-state index contributed by atoms with van der Waals surface area (Å²) in [4.78, 5) is 11.5. The van der Waals surface area contributed by atoms with Gasteiger partial charge in [0, 0.05) is 6.54 Å². The van der Waals surface area contributed by atoms with Crippen LogP contribution in [-0.2, 0) is 16.1 Å². The lowest BCUT2D eigenvalue weighted by Crippen LogP contribution is -2.38. The number of methoxy groups -OCH3 is 1. The molecule has 2 N–H and O–H groups in total. The van der Waals surface area contributed by atoms with Gasteiger partial charge in [-0.15, -0.1) is 0 Å². The summed E-state index contributed by atoms with van der Waals surface area (Å²) in [5.74, 6) is 0.528. The summed E-state index contributed by atoms with van der Waals surface area (Å²) in [5.41, 5.74) is 1.08. The first kappa shape index (κ1) is 18.2. The van der Waals surface area contributed by atoms with Crippen LogP contribution in [0.3, 0.4) is 0 Å². The van der Waals surface area contributed by atoms with Crippen LogP contribution in [0.25, 0.3) is 0 Å². The van der Waals surface area contributed by atoms with E-state index in [9.17, 15) is 4.79 Å². The molecule has 0 atom stereocenters. The molecule has 0 radical (unpaired) electrons. The summed E-state index contributed by atoms with van der Waals surface area (Å²) in [6.45, 7) is 3.25. The van der Waals surface area contributed by atoms with E-state index in [1.54, 1.807) is 7.11 Å². The van der Waals surface area contributed by atoms with Gasteiger partial charge in [-0.05, 0) is 36.3 Å². The summed E-state index contributed by atoms with van der Waals surface area (Å²) in [5, 5.41) is 6.31. The van der Waals surface area contributed by atoms with Gasteiger partial charge in [0.25, 0.3) is 0 Å². The molecule has 0 bridgehead atoms. The molecular formula is C16H24N2O3S. The van der Waals surface area contributed by atoms with Crippen molar-refractivity contribution < 1.29 is 14.3 Å². The average Bonchev–Trinajstić information content (AvgIpc) is 2.55. The van der Waals surface area contributed by atoms with Gasteiger partial charge in [0.15, 0.2) is 5.11 Å². The Bertz CT molecular complexity index is 463. The fraction of sp³-hybridized carbons (Fsp3) is 0.500. The largest absolute Gasteiger partial charge is 0.497 e. The Hall–Kier alpha value is -1.82. The summed E-state index contributed by atoms with van der Waals surface area (Å²) >= 11 is 5.12. The van der Waals surface area contributed by atoms with Gasteiger partial charge in [-0.25, -0.2) is 0 Å². The lowest BCUT2D eigenvalue weighted by molar-refractivity contribution is -0.142. The van der Waals surface area contributed by atoms with Crippen LogP contribution >= 0.6 is 12.2 Å². The molecule has 0 aliphatic rings. The maximum Gasteiger partial charge on any atom is 0.325 e. The molecule has 22 heavy (non-hydrogen) atoms. The van der Waals surface area contributed by atoms with Gasteiger partial charge in [0.1, 0.15) is 12.3 Å². The molecule has 122 valence electrons. The molecule has 0 aliphatic heterocycles. The molecule has 6 heteroatoms. The molecule has 0 amide bonds. The molecule has 0 spiro atoms. The maximum absolute atomic E-state index is 11.5. The summed E-state index contributed by atoms with van der Waals surface area (Å²) in [6.07, 6.45) is 3.08. The van der Waals surface area contributed by atoms with Crippen LogP contribution in [0.4, 0.5) is 0 Å². The smallest absolute Gasteiger partial charge is 0.325 e. The molecule has 0 unspecified atom stereocenters. The molecule has 5 nitrogen and oxygen atoms in total. The topological polar surface area (TPSA) is 59.6 Å². The fourth-order valence-electron chi connectivity index (χ4n) is 1.73. The monoisotopic (exact) mass is 324 g/mol. The zero-order chi connectivity index (χ0) is 16.2. The number of unbranched alkanes of at least 4 members (excludes halogenated alkanes) is 2. The van der Waals surface area contributed by atoms with Gasteiger partial charge in [0.05, 0.1) is 13.7 Å². The van der Waals surface area contributed by atoms with Crippen molar-refractivity contribution >= 4 is 23.3 Å². The third-order valence-electron chi connectivity index (χ3n) is 3.02. The van der Waals surface area contributed by atoms with E-state index >= 15 is 0 Å². The van der Waals surface area contributed by atoms with E-state index in [4.69, 9.17) is 21.7 Å². The fourth-order valence-corrected chi connectivity index (χ4v) is 1.87. The van der Waals surface area contributed by atoms with Crippen LogP contribution in [0.15, 0.2) is 24.3 Å². The zero-order valence-corrected chi connectivity index (χ0v) is 14.0. The van der Waals surface area contributed by atoms with Crippen molar-refractivity contribution in [2.45, 2.75) is 32.7 Å². The zero-order valence-electron chi connectivity index (χ0n) is 13.2. The van der Waals surface area contributed by atoms with Crippen molar-refractivity contribution in [3.8, 4) is 5.75 Å².